The second-order valence-electron chi connectivity index (χ2n) is 6.16. The molecule has 1 N–H and O–H groups in total. The number of hydrogen-bond donors (Lipinski definition) is 1. The van der Waals surface area contributed by atoms with Gasteiger partial charge in [0.25, 0.3) is 0 Å². The summed E-state index contributed by atoms with van der Waals surface area (Å²) in [6.45, 7) is 8.51. The van der Waals surface area contributed by atoms with Crippen molar-refractivity contribution in [2.24, 2.45) is 0 Å². The van der Waals surface area contributed by atoms with E-state index in [4.69, 9.17) is 4.74 Å². The third kappa shape index (κ3) is 3.77. The summed E-state index contributed by atoms with van der Waals surface area (Å²) in [5.41, 5.74) is 2.62. The number of nitrogens with one attached hydrogen (secondary N) is 1. The van der Waals surface area contributed by atoms with Crippen molar-refractivity contribution in [3.8, 4) is 16.9 Å². The highest BCUT2D eigenvalue weighted by atomic mass is 19.1. The normalized spacial score (nSPS) is 16.8. The van der Waals surface area contributed by atoms with Crippen molar-refractivity contribution >= 4 is 0 Å². The highest BCUT2D eigenvalue weighted by Crippen LogP contribution is 2.29. The first-order valence-electron chi connectivity index (χ1n) is 8.66. The maximum absolute atomic E-state index is 14.7. The van der Waals surface area contributed by atoms with Gasteiger partial charge in [0, 0.05) is 37.8 Å². The van der Waals surface area contributed by atoms with E-state index in [0.717, 1.165) is 48.6 Å². The van der Waals surface area contributed by atoms with Crippen LogP contribution >= 0.6 is 0 Å². The molecule has 1 aliphatic heterocycles. The lowest BCUT2D eigenvalue weighted by Crippen LogP contribution is -2.44. The van der Waals surface area contributed by atoms with Gasteiger partial charge in [0.2, 0.25) is 0 Å². The fraction of sp³-hybridized carbons (Fsp3) is 0.400. The monoisotopic (exact) mass is 328 g/mol. The largest absolute Gasteiger partial charge is 0.494 e. The Kier molecular flexibility index (Phi) is 5.48. The van der Waals surface area contributed by atoms with Crippen molar-refractivity contribution in [2.75, 3.05) is 32.8 Å². The zero-order chi connectivity index (χ0) is 16.9. The van der Waals surface area contributed by atoms with Crippen molar-refractivity contribution in [1.29, 1.82) is 0 Å². The van der Waals surface area contributed by atoms with E-state index in [9.17, 15) is 4.39 Å². The minimum Gasteiger partial charge on any atom is -0.494 e. The van der Waals surface area contributed by atoms with Gasteiger partial charge in [-0.3, -0.25) is 4.90 Å². The number of halogens is 1. The highest BCUT2D eigenvalue weighted by Gasteiger charge is 2.20. The van der Waals surface area contributed by atoms with Gasteiger partial charge in [0.1, 0.15) is 11.6 Å². The summed E-state index contributed by atoms with van der Waals surface area (Å²) in [7, 11) is 0. The molecule has 1 fully saturated rings. The fourth-order valence-electron chi connectivity index (χ4n) is 3.24. The van der Waals surface area contributed by atoms with Crippen molar-refractivity contribution < 1.29 is 9.13 Å². The Labute approximate surface area is 143 Å². The summed E-state index contributed by atoms with van der Waals surface area (Å²) in [5, 5.41) is 3.33. The van der Waals surface area contributed by atoms with Crippen LogP contribution in [0.4, 0.5) is 4.39 Å². The summed E-state index contributed by atoms with van der Waals surface area (Å²) in [4.78, 5) is 2.32. The van der Waals surface area contributed by atoms with Crippen LogP contribution in [0, 0.1) is 5.82 Å². The topological polar surface area (TPSA) is 24.5 Å². The van der Waals surface area contributed by atoms with E-state index < -0.39 is 0 Å². The Morgan fingerprint density at radius 3 is 2.58 bits per heavy atom. The van der Waals surface area contributed by atoms with Crippen LogP contribution in [0.3, 0.4) is 0 Å². The zero-order valence-corrected chi connectivity index (χ0v) is 14.4. The van der Waals surface area contributed by atoms with Crippen molar-refractivity contribution in [3.05, 3.63) is 53.8 Å². The van der Waals surface area contributed by atoms with Crippen LogP contribution in [0.1, 0.15) is 25.5 Å². The van der Waals surface area contributed by atoms with Gasteiger partial charge in [-0.25, -0.2) is 4.39 Å². The molecule has 0 bridgehead atoms. The zero-order valence-electron chi connectivity index (χ0n) is 14.4. The molecule has 128 valence electrons. The molecule has 1 aliphatic rings. The second-order valence-corrected chi connectivity index (χ2v) is 6.16. The summed E-state index contributed by atoms with van der Waals surface area (Å²) >= 11 is 0. The highest BCUT2D eigenvalue weighted by molar-refractivity contribution is 5.65. The van der Waals surface area contributed by atoms with E-state index in [0.29, 0.717) is 6.61 Å². The molecular weight excluding hydrogens is 303 g/mol. The first-order valence-corrected chi connectivity index (χ1v) is 8.66. The first-order chi connectivity index (χ1) is 11.7. The van der Waals surface area contributed by atoms with Crippen LogP contribution in [-0.2, 0) is 0 Å². The average Bonchev–Trinajstić information content (AvgIpc) is 2.62. The molecule has 3 nitrogen and oxygen atoms in total. The molecule has 4 heteroatoms. The maximum Gasteiger partial charge on any atom is 0.128 e. The molecule has 0 radical (unpaired) electrons. The predicted molar refractivity (Wildman–Crippen MR) is 95.9 cm³/mol. The standard InChI is InChI=1S/C20H25FN2O/c1-3-24-18-6-4-5-16(13-18)17-7-8-19(20(21)14-17)15(2)23-11-9-22-10-12-23/h4-8,13-15,22H,3,9-12H2,1-2H3. The molecule has 1 atom stereocenters. The Hall–Kier alpha value is -1.91. The molecule has 0 amide bonds. The SMILES string of the molecule is CCOc1cccc(-c2ccc(C(C)N3CCNCC3)c(F)c2)c1. The van der Waals surface area contributed by atoms with Crippen LogP contribution in [0.15, 0.2) is 42.5 Å². The van der Waals surface area contributed by atoms with Crippen molar-refractivity contribution in [2.45, 2.75) is 19.9 Å². The number of piperazine rings is 1. The molecule has 0 aromatic heterocycles. The summed E-state index contributed by atoms with van der Waals surface area (Å²) in [6, 6.07) is 13.5. The molecule has 3 rings (SSSR count). The summed E-state index contributed by atoms with van der Waals surface area (Å²) in [6.07, 6.45) is 0. The molecule has 0 aliphatic carbocycles. The number of hydrogen-bond acceptors (Lipinski definition) is 3. The molecule has 0 saturated carbocycles. The van der Waals surface area contributed by atoms with Crippen LogP contribution in [0.2, 0.25) is 0 Å². The molecule has 1 saturated heterocycles. The van der Waals surface area contributed by atoms with Gasteiger partial charge < -0.3 is 10.1 Å². The second kappa shape index (κ2) is 7.77. The van der Waals surface area contributed by atoms with Gasteiger partial charge in [-0.2, -0.15) is 0 Å². The number of ether oxygens (including phenoxy) is 1. The lowest BCUT2D eigenvalue weighted by Gasteiger charge is -2.33. The Morgan fingerprint density at radius 2 is 1.88 bits per heavy atom. The number of rotatable bonds is 5. The quantitative estimate of drug-likeness (QED) is 0.902. The maximum atomic E-state index is 14.7. The number of nitrogens with zero attached hydrogens (tertiary/aromatic N) is 1. The summed E-state index contributed by atoms with van der Waals surface area (Å²) in [5.74, 6) is 0.675. The molecule has 0 spiro atoms. The van der Waals surface area contributed by atoms with E-state index in [2.05, 4.69) is 17.1 Å². The third-order valence-corrected chi connectivity index (χ3v) is 4.63. The van der Waals surface area contributed by atoms with E-state index in [-0.39, 0.29) is 11.9 Å². The Balaban J connectivity index is 1.82. The van der Waals surface area contributed by atoms with Crippen molar-refractivity contribution in [3.63, 3.8) is 0 Å². The van der Waals surface area contributed by atoms with Crippen LogP contribution < -0.4 is 10.1 Å². The van der Waals surface area contributed by atoms with Crippen molar-refractivity contribution in [1.82, 2.24) is 10.2 Å². The number of benzene rings is 2. The first kappa shape index (κ1) is 16.9. The van der Waals surface area contributed by atoms with Gasteiger partial charge in [-0.1, -0.05) is 24.3 Å². The molecule has 24 heavy (non-hydrogen) atoms. The smallest absolute Gasteiger partial charge is 0.128 e. The molecule has 2 aromatic carbocycles. The molecule has 1 heterocycles. The Bertz CT molecular complexity index is 683. The van der Waals surface area contributed by atoms with E-state index in [1.807, 2.05) is 43.3 Å². The van der Waals surface area contributed by atoms with Gasteiger partial charge in [0.15, 0.2) is 0 Å². The van der Waals surface area contributed by atoms with Gasteiger partial charge in [-0.15, -0.1) is 0 Å². The Morgan fingerprint density at radius 1 is 1.12 bits per heavy atom. The summed E-state index contributed by atoms with van der Waals surface area (Å²) < 4.78 is 20.2. The molecule has 1 unspecified atom stereocenters. The molecule has 2 aromatic rings. The third-order valence-electron chi connectivity index (χ3n) is 4.63. The minimum absolute atomic E-state index is 0.0934. The van der Waals surface area contributed by atoms with Crippen LogP contribution in [0.25, 0.3) is 11.1 Å². The van der Waals surface area contributed by atoms with Gasteiger partial charge in [0.05, 0.1) is 6.61 Å². The van der Waals surface area contributed by atoms with E-state index in [1.165, 1.54) is 0 Å². The lowest BCUT2D eigenvalue weighted by atomic mass is 9.99. The van der Waals surface area contributed by atoms with Gasteiger partial charge in [-0.05, 0) is 43.2 Å². The van der Waals surface area contributed by atoms with Crippen LogP contribution in [-0.4, -0.2) is 37.7 Å². The average molecular weight is 328 g/mol. The fourth-order valence-corrected chi connectivity index (χ4v) is 3.24. The van der Waals surface area contributed by atoms with E-state index >= 15 is 0 Å². The lowest BCUT2D eigenvalue weighted by molar-refractivity contribution is 0.182. The minimum atomic E-state index is -0.139. The van der Waals surface area contributed by atoms with Gasteiger partial charge >= 0.3 is 0 Å². The predicted octanol–water partition coefficient (Wildman–Crippen LogP) is 3.86. The van der Waals surface area contributed by atoms with E-state index in [1.54, 1.807) is 6.07 Å². The molecular formula is C20H25FN2O. The van der Waals surface area contributed by atoms with Crippen LogP contribution in [0.5, 0.6) is 5.75 Å².